The van der Waals surface area contributed by atoms with E-state index in [1.807, 2.05) is 24.3 Å². The maximum absolute atomic E-state index is 13.3. The Bertz CT molecular complexity index is 3300. The second-order valence-electron chi connectivity index (χ2n) is 11.8. The van der Waals surface area contributed by atoms with Gasteiger partial charge >= 0.3 is 17.1 Å². The van der Waals surface area contributed by atoms with E-state index in [1.54, 1.807) is 48.5 Å². The maximum atomic E-state index is 13.3. The summed E-state index contributed by atoms with van der Waals surface area (Å²) in [5, 5.41) is 17.4. The molecule has 0 saturated carbocycles. The van der Waals surface area contributed by atoms with E-state index in [2.05, 4.69) is 19.9 Å². The Kier molecular flexibility index (Phi) is 7.66. The van der Waals surface area contributed by atoms with Gasteiger partial charge in [0.2, 0.25) is 30.1 Å². The summed E-state index contributed by atoms with van der Waals surface area (Å²) in [4.78, 5) is 31.1. The summed E-state index contributed by atoms with van der Waals surface area (Å²) >= 11 is 0. The third-order valence-corrected chi connectivity index (χ3v) is 11.8. The van der Waals surface area contributed by atoms with Gasteiger partial charge in [0.1, 0.15) is 37.3 Å². The quantitative estimate of drug-likeness (QED) is 0.161. The van der Waals surface area contributed by atoms with Crippen molar-refractivity contribution in [1.82, 2.24) is 39.9 Å². The molecular formula is C32H21CuN11O6S3+. The zero-order chi connectivity index (χ0) is 36.3. The topological polar surface area (TPSA) is 289 Å². The van der Waals surface area contributed by atoms with Gasteiger partial charge in [-0.05, 0) is 6.07 Å². The first-order chi connectivity index (χ1) is 24.7. The number of hydrogen-bond donors (Lipinski definition) is 5. The predicted molar refractivity (Wildman–Crippen MR) is 190 cm³/mol. The van der Waals surface area contributed by atoms with Crippen molar-refractivity contribution in [2.75, 3.05) is 0 Å². The summed E-state index contributed by atoms with van der Waals surface area (Å²) in [5.74, 6) is 0.658. The zero-order valence-corrected chi connectivity index (χ0v) is 29.8. The molecule has 0 spiro atoms. The van der Waals surface area contributed by atoms with Gasteiger partial charge in [-0.2, -0.15) is 0 Å². The molecule has 2 aliphatic heterocycles. The summed E-state index contributed by atoms with van der Waals surface area (Å²) in [6.45, 7) is 0. The van der Waals surface area contributed by atoms with Crippen LogP contribution in [0.4, 0.5) is 0 Å². The first-order valence-electron chi connectivity index (χ1n) is 15.1. The van der Waals surface area contributed by atoms with Crippen LogP contribution in [-0.4, -0.2) is 65.1 Å². The summed E-state index contributed by atoms with van der Waals surface area (Å²) in [6.07, 6.45) is 0. The Morgan fingerprint density at radius 3 is 1.19 bits per heavy atom. The molecule has 3 aromatic heterocycles. The second-order valence-corrected chi connectivity index (χ2v) is 16.4. The van der Waals surface area contributed by atoms with Crippen molar-refractivity contribution in [3.63, 3.8) is 0 Å². The Morgan fingerprint density at radius 1 is 0.434 bits per heavy atom. The third-order valence-electron chi connectivity index (χ3n) is 8.59. The molecule has 7 aromatic rings. The summed E-state index contributed by atoms with van der Waals surface area (Å²) < 4.78 is 78.4. The molecular weight excluding hydrogens is 794 g/mol. The molecule has 21 heteroatoms. The van der Waals surface area contributed by atoms with Crippen LogP contribution in [0.2, 0.25) is 0 Å². The van der Waals surface area contributed by atoms with E-state index >= 15 is 0 Å². The number of nitrogens with zero attached hydrogens (tertiary/aromatic N) is 6. The van der Waals surface area contributed by atoms with Crippen molar-refractivity contribution in [3.05, 3.63) is 78.9 Å². The number of aromatic nitrogens is 8. The van der Waals surface area contributed by atoms with E-state index in [4.69, 9.17) is 35.4 Å². The molecule has 9 rings (SSSR count). The van der Waals surface area contributed by atoms with Crippen molar-refractivity contribution >= 4 is 74.2 Å². The van der Waals surface area contributed by atoms with E-state index in [9.17, 15) is 25.3 Å². The van der Waals surface area contributed by atoms with Gasteiger partial charge in [-0.25, -0.2) is 70.6 Å². The Hall–Kier alpha value is -5.51. The van der Waals surface area contributed by atoms with Crippen LogP contribution in [0.1, 0.15) is 0 Å². The first-order valence-corrected chi connectivity index (χ1v) is 19.7. The van der Waals surface area contributed by atoms with Crippen LogP contribution in [0.3, 0.4) is 0 Å². The number of benzene rings is 4. The van der Waals surface area contributed by atoms with Crippen LogP contribution in [0.15, 0.2) is 93.5 Å². The van der Waals surface area contributed by atoms with Gasteiger partial charge in [0.15, 0.2) is 23.3 Å². The van der Waals surface area contributed by atoms with Gasteiger partial charge in [0.25, 0.3) is 0 Å². The van der Waals surface area contributed by atoms with E-state index in [0.29, 0.717) is 33.5 Å². The fourth-order valence-electron chi connectivity index (χ4n) is 6.48. The van der Waals surface area contributed by atoms with Gasteiger partial charge in [-0.15, -0.1) is 0 Å². The maximum Gasteiger partial charge on any atom is 1.00 e. The molecule has 0 atom stereocenters. The van der Waals surface area contributed by atoms with Crippen molar-refractivity contribution in [2.24, 2.45) is 15.4 Å². The molecule has 0 amide bonds. The molecule has 4 aromatic carbocycles. The molecule has 2 aliphatic rings. The Balaban J connectivity index is 0.00000400. The normalized spacial score (nSPS) is 12.7. The van der Waals surface area contributed by atoms with Gasteiger partial charge in [0, 0.05) is 43.8 Å². The molecule has 0 aliphatic carbocycles. The minimum absolute atomic E-state index is 0. The van der Waals surface area contributed by atoms with Crippen molar-refractivity contribution in [1.29, 1.82) is 0 Å². The zero-order valence-electron chi connectivity index (χ0n) is 26.4. The van der Waals surface area contributed by atoms with Crippen molar-refractivity contribution < 1.29 is 42.3 Å². The third kappa shape index (κ3) is 5.49. The van der Waals surface area contributed by atoms with Gasteiger partial charge in [-0.3, -0.25) is 0 Å². The number of nitrogens with one attached hydrogen (secondary N) is 2. The number of nitrogens with two attached hydrogens (primary N) is 3. The fraction of sp³-hybridized carbons (Fsp3) is 0. The van der Waals surface area contributed by atoms with Crippen LogP contribution in [-0.2, 0) is 47.1 Å². The van der Waals surface area contributed by atoms with E-state index < -0.39 is 50.1 Å². The van der Waals surface area contributed by atoms with Crippen molar-refractivity contribution in [2.45, 2.75) is 14.7 Å². The number of fused-ring (bicyclic) bond motifs is 20. The molecule has 53 heavy (non-hydrogen) atoms. The number of sulfonamides is 3. The SMILES string of the molecule is NS(=O)(=O)c1cc2c3nc4nc(nc5[nH]c(nc6nc(nc([nH]3)c2c(S(N)(=O)=O)c1S(N)(=O)=O)-c1ccccc1-6)c1ccccc51)-c1ccccc1-4.[Cu+]. The Labute approximate surface area is 309 Å². The average Bonchev–Trinajstić information content (AvgIpc) is 3.82. The van der Waals surface area contributed by atoms with Gasteiger partial charge in [-0.1, -0.05) is 72.8 Å². The molecule has 0 fully saturated rings. The summed E-state index contributed by atoms with van der Waals surface area (Å²) in [5.41, 5.74) is 2.63. The largest absolute Gasteiger partial charge is 1.00 e. The predicted octanol–water partition coefficient (Wildman–Crippen LogP) is 2.81. The summed E-state index contributed by atoms with van der Waals surface area (Å²) in [7, 11) is -15.2. The molecule has 0 radical (unpaired) electrons. The van der Waals surface area contributed by atoms with Crippen LogP contribution in [0.25, 0.3) is 89.7 Å². The number of H-pyrrole nitrogens is 2. The molecule has 0 saturated heterocycles. The van der Waals surface area contributed by atoms with Gasteiger partial charge in [0.05, 0.1) is 0 Å². The van der Waals surface area contributed by atoms with Crippen LogP contribution in [0.5, 0.6) is 0 Å². The Morgan fingerprint density at radius 2 is 0.792 bits per heavy atom. The summed E-state index contributed by atoms with van der Waals surface area (Å²) in [6, 6.07) is 22.4. The average molecular weight is 815 g/mol. The monoisotopic (exact) mass is 814 g/mol. The fourth-order valence-corrected chi connectivity index (χ4v) is 10.1. The van der Waals surface area contributed by atoms with Crippen molar-refractivity contribution in [3.8, 4) is 45.6 Å². The molecule has 8 bridgehead atoms. The standard InChI is InChI=1S/C32H21N11O6S3.Cu/c33-50(44,45)21-13-20-22(24(52(35,48)49)23(21)51(34,46)47)32-42-30-19-12-6-5-11-18(19)28(40-30)38-26-15-8-2-1-7-14(15)25(36-26)37-27-16-9-3-4-10-17(16)29(39-27)41-31(20)43-32;/h1-13H,(H2,33,44,45)(H2,34,46,47)(H2,35,48,49)(H2,36,37,38,39,40,41,42,43);/q;+1. The minimum atomic E-state index is -5.12. The number of rotatable bonds is 3. The second kappa shape index (κ2) is 11.7. The first kappa shape index (κ1) is 34.6. The molecule has 5 heterocycles. The van der Waals surface area contributed by atoms with E-state index in [0.717, 1.165) is 16.8 Å². The number of aromatic amines is 2. The van der Waals surface area contributed by atoms with Gasteiger partial charge < -0.3 is 9.97 Å². The molecule has 17 nitrogen and oxygen atoms in total. The van der Waals surface area contributed by atoms with Crippen LogP contribution in [0, 0.1) is 0 Å². The van der Waals surface area contributed by atoms with Crippen LogP contribution < -0.4 is 15.4 Å². The van der Waals surface area contributed by atoms with E-state index in [1.165, 1.54) is 0 Å². The number of hydrogen-bond acceptors (Lipinski definition) is 12. The molecule has 0 unspecified atom stereocenters. The smallest absolute Gasteiger partial charge is 0.324 e. The molecule has 268 valence electrons. The minimum Gasteiger partial charge on any atom is -0.324 e. The molecule has 8 N–H and O–H groups in total. The van der Waals surface area contributed by atoms with Crippen LogP contribution >= 0.6 is 0 Å². The van der Waals surface area contributed by atoms with E-state index in [-0.39, 0.29) is 57.0 Å². The number of primary sulfonamides is 3.